The van der Waals surface area contributed by atoms with Crippen LogP contribution in [0.25, 0.3) is 0 Å². The summed E-state index contributed by atoms with van der Waals surface area (Å²) in [6.45, 7) is 5.29. The van der Waals surface area contributed by atoms with Crippen molar-refractivity contribution in [3.63, 3.8) is 0 Å². The summed E-state index contributed by atoms with van der Waals surface area (Å²) < 4.78 is 24.9. The molecular formula is C12H24N2O5S. The number of carboxylic acid groups (broad SMARTS) is 1. The number of aliphatic carboxylic acids is 1. The highest BCUT2D eigenvalue weighted by atomic mass is 32.2. The first-order valence-electron chi connectivity index (χ1n) is 6.39. The normalized spacial score (nSPS) is 14.9. The van der Waals surface area contributed by atoms with Crippen LogP contribution < -0.4 is 4.72 Å². The molecule has 0 aromatic rings. The van der Waals surface area contributed by atoms with Gasteiger partial charge in [-0.2, -0.15) is 0 Å². The van der Waals surface area contributed by atoms with Crippen LogP contribution in [0.3, 0.4) is 0 Å². The van der Waals surface area contributed by atoms with Gasteiger partial charge in [0.15, 0.2) is 0 Å². The molecule has 0 fully saturated rings. The molecule has 0 aromatic carbocycles. The zero-order chi connectivity index (χ0) is 16.1. The number of amides is 1. The molecule has 0 saturated heterocycles. The maximum Gasteiger partial charge on any atom is 0.308 e. The van der Waals surface area contributed by atoms with Crippen molar-refractivity contribution in [3.8, 4) is 0 Å². The summed E-state index contributed by atoms with van der Waals surface area (Å²) >= 11 is 0. The van der Waals surface area contributed by atoms with Crippen molar-refractivity contribution in [2.75, 3.05) is 19.8 Å². The van der Waals surface area contributed by atoms with Gasteiger partial charge in [0, 0.05) is 13.6 Å². The second-order valence-corrected chi connectivity index (χ2v) is 7.31. The van der Waals surface area contributed by atoms with Crippen LogP contribution in [0.1, 0.15) is 27.2 Å². The van der Waals surface area contributed by atoms with E-state index in [0.29, 0.717) is 6.42 Å². The molecule has 2 N–H and O–H groups in total. The van der Waals surface area contributed by atoms with Gasteiger partial charge >= 0.3 is 5.97 Å². The van der Waals surface area contributed by atoms with Gasteiger partial charge in [-0.1, -0.05) is 20.8 Å². The molecule has 8 heteroatoms. The topological polar surface area (TPSA) is 104 Å². The van der Waals surface area contributed by atoms with Gasteiger partial charge in [-0.15, -0.1) is 0 Å². The van der Waals surface area contributed by atoms with Crippen molar-refractivity contribution in [3.05, 3.63) is 0 Å². The predicted octanol–water partition coefficient (Wildman–Crippen LogP) is 0.129. The first-order chi connectivity index (χ1) is 8.94. The summed E-state index contributed by atoms with van der Waals surface area (Å²) in [6, 6.07) is -0.865. The fourth-order valence-electron chi connectivity index (χ4n) is 1.77. The molecule has 7 nitrogen and oxygen atoms in total. The maximum absolute atomic E-state index is 12.2. The van der Waals surface area contributed by atoms with Crippen LogP contribution in [0, 0.1) is 11.8 Å². The SMILES string of the molecule is CC(C)CC(NS(C)(=O)=O)C(=O)N(C)CC(C)C(=O)O. The van der Waals surface area contributed by atoms with E-state index in [2.05, 4.69) is 4.72 Å². The molecule has 0 aliphatic carbocycles. The lowest BCUT2D eigenvalue weighted by atomic mass is 10.0. The van der Waals surface area contributed by atoms with Crippen LogP contribution in [-0.4, -0.2) is 56.2 Å². The maximum atomic E-state index is 12.2. The summed E-state index contributed by atoms with van der Waals surface area (Å²) in [5, 5.41) is 8.83. The minimum absolute atomic E-state index is 0.0359. The molecular weight excluding hydrogens is 284 g/mol. The Bertz CT molecular complexity index is 447. The van der Waals surface area contributed by atoms with Crippen molar-refractivity contribution >= 4 is 21.9 Å². The molecule has 0 aromatic heterocycles. The van der Waals surface area contributed by atoms with Crippen LogP contribution in [0.15, 0.2) is 0 Å². The van der Waals surface area contributed by atoms with E-state index in [1.165, 1.54) is 18.9 Å². The van der Waals surface area contributed by atoms with E-state index in [-0.39, 0.29) is 12.5 Å². The van der Waals surface area contributed by atoms with E-state index in [1.54, 1.807) is 0 Å². The molecule has 0 saturated carbocycles. The Hall–Kier alpha value is -1.15. The molecule has 0 heterocycles. The molecule has 2 unspecified atom stereocenters. The fraction of sp³-hybridized carbons (Fsp3) is 0.833. The van der Waals surface area contributed by atoms with Gasteiger partial charge in [0.25, 0.3) is 0 Å². The zero-order valence-electron chi connectivity index (χ0n) is 12.6. The number of sulfonamides is 1. The fourth-order valence-corrected chi connectivity index (χ4v) is 2.49. The van der Waals surface area contributed by atoms with Gasteiger partial charge < -0.3 is 10.0 Å². The van der Waals surface area contributed by atoms with Crippen LogP contribution in [-0.2, 0) is 19.6 Å². The largest absolute Gasteiger partial charge is 0.481 e. The molecule has 0 spiro atoms. The lowest BCUT2D eigenvalue weighted by Crippen LogP contribution is -2.48. The molecule has 0 aliphatic rings. The average Bonchev–Trinajstić information content (AvgIpc) is 2.24. The summed E-state index contributed by atoms with van der Waals surface area (Å²) in [6.07, 6.45) is 1.35. The number of hydrogen-bond donors (Lipinski definition) is 2. The number of likely N-dealkylation sites (N-methyl/N-ethyl adjacent to an activating group) is 1. The zero-order valence-corrected chi connectivity index (χ0v) is 13.4. The lowest BCUT2D eigenvalue weighted by molar-refractivity contribution is -0.143. The highest BCUT2D eigenvalue weighted by molar-refractivity contribution is 7.88. The first kappa shape index (κ1) is 18.9. The smallest absolute Gasteiger partial charge is 0.308 e. The molecule has 1 amide bonds. The summed E-state index contributed by atoms with van der Waals surface area (Å²) in [5.74, 6) is -2.00. The van der Waals surface area contributed by atoms with Crippen LogP contribution >= 0.6 is 0 Å². The quantitative estimate of drug-likeness (QED) is 0.663. The number of carboxylic acids is 1. The molecule has 20 heavy (non-hydrogen) atoms. The molecule has 0 aliphatic heterocycles. The number of carbonyl (C=O) groups excluding carboxylic acids is 1. The monoisotopic (exact) mass is 308 g/mol. The van der Waals surface area contributed by atoms with Gasteiger partial charge in [0.2, 0.25) is 15.9 Å². The Morgan fingerprint density at radius 3 is 2.10 bits per heavy atom. The Kier molecular flexibility index (Phi) is 7.15. The number of nitrogens with zero attached hydrogens (tertiary/aromatic N) is 1. The van der Waals surface area contributed by atoms with Gasteiger partial charge in [-0.3, -0.25) is 9.59 Å². The first-order valence-corrected chi connectivity index (χ1v) is 8.28. The Morgan fingerprint density at radius 1 is 1.25 bits per heavy atom. The van der Waals surface area contributed by atoms with Gasteiger partial charge in [-0.25, -0.2) is 13.1 Å². The van der Waals surface area contributed by atoms with Gasteiger partial charge in [-0.05, 0) is 12.3 Å². The highest BCUT2D eigenvalue weighted by Crippen LogP contribution is 2.09. The number of rotatable bonds is 8. The molecule has 0 rings (SSSR count). The number of hydrogen-bond acceptors (Lipinski definition) is 4. The predicted molar refractivity (Wildman–Crippen MR) is 75.7 cm³/mol. The lowest BCUT2D eigenvalue weighted by Gasteiger charge is -2.26. The minimum Gasteiger partial charge on any atom is -0.481 e. The van der Waals surface area contributed by atoms with Crippen LogP contribution in [0.4, 0.5) is 0 Å². The molecule has 2 atom stereocenters. The van der Waals surface area contributed by atoms with Crippen LogP contribution in [0.5, 0.6) is 0 Å². The van der Waals surface area contributed by atoms with Crippen molar-refractivity contribution in [2.24, 2.45) is 11.8 Å². The molecule has 118 valence electrons. The Morgan fingerprint density at radius 2 is 1.75 bits per heavy atom. The summed E-state index contributed by atoms with van der Waals surface area (Å²) in [4.78, 5) is 24.3. The van der Waals surface area contributed by atoms with E-state index in [9.17, 15) is 18.0 Å². The Labute approximate surface area is 120 Å². The second kappa shape index (κ2) is 7.58. The van der Waals surface area contributed by atoms with E-state index < -0.39 is 33.9 Å². The minimum atomic E-state index is -3.51. The molecule has 0 radical (unpaired) electrons. The van der Waals surface area contributed by atoms with Crippen molar-refractivity contribution < 1.29 is 23.1 Å². The second-order valence-electron chi connectivity index (χ2n) is 5.53. The van der Waals surface area contributed by atoms with E-state index in [1.807, 2.05) is 13.8 Å². The Balaban J connectivity index is 4.89. The van der Waals surface area contributed by atoms with Gasteiger partial charge in [0.05, 0.1) is 12.2 Å². The van der Waals surface area contributed by atoms with Crippen LogP contribution in [0.2, 0.25) is 0 Å². The average molecular weight is 308 g/mol. The third-order valence-corrected chi connectivity index (χ3v) is 3.42. The number of nitrogens with one attached hydrogen (secondary N) is 1. The van der Waals surface area contributed by atoms with Gasteiger partial charge in [0.1, 0.15) is 6.04 Å². The van der Waals surface area contributed by atoms with Crippen molar-refractivity contribution in [2.45, 2.75) is 33.2 Å². The summed E-state index contributed by atoms with van der Waals surface area (Å²) in [5.41, 5.74) is 0. The summed E-state index contributed by atoms with van der Waals surface area (Å²) in [7, 11) is -2.03. The molecule has 0 bridgehead atoms. The standard InChI is InChI=1S/C12H24N2O5S/c1-8(2)6-10(13-20(5,18)19)11(15)14(4)7-9(3)12(16)17/h8-10,13H,6-7H2,1-5H3,(H,16,17). The third-order valence-electron chi connectivity index (χ3n) is 2.71. The highest BCUT2D eigenvalue weighted by Gasteiger charge is 2.27. The van der Waals surface area contributed by atoms with E-state index in [0.717, 1.165) is 6.26 Å². The van der Waals surface area contributed by atoms with E-state index in [4.69, 9.17) is 5.11 Å². The van der Waals surface area contributed by atoms with Crippen molar-refractivity contribution in [1.82, 2.24) is 9.62 Å². The van der Waals surface area contributed by atoms with E-state index >= 15 is 0 Å². The number of carbonyl (C=O) groups is 2. The third kappa shape index (κ3) is 7.44. The van der Waals surface area contributed by atoms with Crippen molar-refractivity contribution in [1.29, 1.82) is 0 Å².